The Balaban J connectivity index is 0.00000100. The fourth-order valence-corrected chi connectivity index (χ4v) is 2.72. The van der Waals surface area contributed by atoms with Crippen LogP contribution < -0.4 is 0 Å². The van der Waals surface area contributed by atoms with Crippen LogP contribution in [0.1, 0.15) is 35.5 Å². The fraction of sp³-hybridized carbons (Fsp3) is 0.167. The molecule has 1 aromatic carbocycles. The molecule has 24 heavy (non-hydrogen) atoms. The smallest absolute Gasteiger partial charge is 0.335 e. The Kier molecular flexibility index (Phi) is 6.12. The van der Waals surface area contributed by atoms with Gasteiger partial charge in [-0.15, -0.1) is 0 Å². The predicted molar refractivity (Wildman–Crippen MR) is 97.1 cm³/mol. The Morgan fingerprint density at radius 3 is 2.58 bits per heavy atom. The number of carbonyl (C=O) groups is 1. The number of hydrogen-bond donors (Lipinski definition) is 1. The van der Waals surface area contributed by atoms with Crippen LogP contribution >= 0.6 is 23.2 Å². The average Bonchev–Trinajstić information content (AvgIpc) is 2.56. The molecular formula is C18H16Cl2N2O2. The monoisotopic (exact) mass is 362 g/mol. The summed E-state index contributed by atoms with van der Waals surface area (Å²) < 4.78 is 0. The molecule has 2 aromatic heterocycles. The zero-order valence-electron chi connectivity index (χ0n) is 13.3. The maximum atomic E-state index is 11.0. The standard InChI is InChI=1S/C16H10Cl2N2O2.C2H6/c17-12-6-11-3-9(5-14(18)15(11)20-8-12)4-13-7-10(16(21)22)1-2-19-13;1-2/h1-3,5-8H,4H2,(H,21,22);1-2H3. The van der Waals surface area contributed by atoms with Gasteiger partial charge in [0.2, 0.25) is 0 Å². The minimum Gasteiger partial charge on any atom is -0.478 e. The van der Waals surface area contributed by atoms with Crippen LogP contribution in [-0.4, -0.2) is 21.0 Å². The molecular weight excluding hydrogens is 347 g/mol. The molecule has 0 amide bonds. The summed E-state index contributed by atoms with van der Waals surface area (Å²) in [5.41, 5.74) is 2.46. The Bertz CT molecular complexity index is 882. The van der Waals surface area contributed by atoms with E-state index in [1.165, 1.54) is 12.3 Å². The normalized spacial score (nSPS) is 10.2. The highest BCUT2D eigenvalue weighted by Gasteiger charge is 2.08. The molecule has 0 saturated carbocycles. The number of pyridine rings is 2. The number of benzene rings is 1. The van der Waals surface area contributed by atoms with E-state index in [9.17, 15) is 4.79 Å². The van der Waals surface area contributed by atoms with Crippen molar-refractivity contribution in [2.45, 2.75) is 20.3 Å². The van der Waals surface area contributed by atoms with E-state index in [2.05, 4.69) is 9.97 Å². The number of rotatable bonds is 3. The molecule has 0 saturated heterocycles. The Morgan fingerprint density at radius 2 is 1.88 bits per heavy atom. The Morgan fingerprint density at radius 1 is 1.12 bits per heavy atom. The maximum Gasteiger partial charge on any atom is 0.335 e. The van der Waals surface area contributed by atoms with Crippen LogP contribution in [0.15, 0.2) is 42.7 Å². The van der Waals surface area contributed by atoms with E-state index in [1.54, 1.807) is 24.4 Å². The maximum absolute atomic E-state index is 11.0. The van der Waals surface area contributed by atoms with Crippen LogP contribution in [0.3, 0.4) is 0 Å². The molecule has 0 radical (unpaired) electrons. The molecule has 0 aliphatic carbocycles. The quantitative estimate of drug-likeness (QED) is 0.690. The van der Waals surface area contributed by atoms with Crippen LogP contribution in [-0.2, 0) is 6.42 Å². The molecule has 0 atom stereocenters. The van der Waals surface area contributed by atoms with Crippen molar-refractivity contribution in [3.05, 3.63) is 69.6 Å². The minimum absolute atomic E-state index is 0.210. The molecule has 3 rings (SSSR count). The molecule has 1 N–H and O–H groups in total. The molecule has 6 heteroatoms. The van der Waals surface area contributed by atoms with Crippen LogP contribution in [0, 0.1) is 0 Å². The van der Waals surface area contributed by atoms with E-state index in [0.29, 0.717) is 27.7 Å². The molecule has 0 aliphatic heterocycles. The molecule has 2 heterocycles. The van der Waals surface area contributed by atoms with E-state index in [-0.39, 0.29) is 5.56 Å². The Labute approximate surface area is 150 Å². The molecule has 124 valence electrons. The number of fused-ring (bicyclic) bond motifs is 1. The van der Waals surface area contributed by atoms with Gasteiger partial charge < -0.3 is 5.11 Å². The van der Waals surface area contributed by atoms with E-state index in [0.717, 1.165) is 10.9 Å². The molecule has 0 spiro atoms. The number of carboxylic acids is 1. The molecule has 3 aromatic rings. The highest BCUT2D eigenvalue weighted by Crippen LogP contribution is 2.26. The second-order valence-electron chi connectivity index (χ2n) is 4.82. The number of aromatic carboxylic acids is 1. The van der Waals surface area contributed by atoms with Crippen molar-refractivity contribution < 1.29 is 9.90 Å². The minimum atomic E-state index is -0.976. The molecule has 0 fully saturated rings. The zero-order chi connectivity index (χ0) is 17.7. The van der Waals surface area contributed by atoms with Crippen molar-refractivity contribution in [2.24, 2.45) is 0 Å². The number of halogens is 2. The van der Waals surface area contributed by atoms with Gasteiger partial charge in [0.15, 0.2) is 0 Å². The first kappa shape index (κ1) is 18.2. The number of aromatic nitrogens is 2. The second-order valence-corrected chi connectivity index (χ2v) is 5.66. The topological polar surface area (TPSA) is 63.1 Å². The van der Waals surface area contributed by atoms with Gasteiger partial charge in [-0.3, -0.25) is 9.97 Å². The lowest BCUT2D eigenvalue weighted by Gasteiger charge is -2.06. The number of hydrogen-bond acceptors (Lipinski definition) is 3. The van der Waals surface area contributed by atoms with Gasteiger partial charge >= 0.3 is 5.97 Å². The van der Waals surface area contributed by atoms with Gasteiger partial charge in [0.05, 0.1) is 21.1 Å². The van der Waals surface area contributed by atoms with Crippen molar-refractivity contribution in [2.75, 3.05) is 0 Å². The van der Waals surface area contributed by atoms with Crippen molar-refractivity contribution in [3.8, 4) is 0 Å². The van der Waals surface area contributed by atoms with Crippen LogP contribution in [0.2, 0.25) is 10.0 Å². The third-order valence-corrected chi connectivity index (χ3v) is 3.71. The third-order valence-electron chi connectivity index (χ3n) is 3.21. The predicted octanol–water partition coefficient (Wildman–Crippen LogP) is 5.25. The van der Waals surface area contributed by atoms with Crippen LogP contribution in [0.25, 0.3) is 10.9 Å². The van der Waals surface area contributed by atoms with Gasteiger partial charge in [-0.1, -0.05) is 37.0 Å². The summed E-state index contributed by atoms with van der Waals surface area (Å²) in [5.74, 6) is -0.976. The molecule has 0 bridgehead atoms. The number of carboxylic acid groups (broad SMARTS) is 1. The van der Waals surface area contributed by atoms with Crippen LogP contribution in [0.5, 0.6) is 0 Å². The van der Waals surface area contributed by atoms with E-state index in [4.69, 9.17) is 28.3 Å². The third kappa shape index (κ3) is 4.22. The second kappa shape index (κ2) is 8.08. The van der Waals surface area contributed by atoms with Gasteiger partial charge in [0.1, 0.15) is 0 Å². The summed E-state index contributed by atoms with van der Waals surface area (Å²) in [7, 11) is 0. The van der Waals surface area contributed by atoms with E-state index >= 15 is 0 Å². The summed E-state index contributed by atoms with van der Waals surface area (Å²) in [6.07, 6.45) is 3.51. The summed E-state index contributed by atoms with van der Waals surface area (Å²) in [6.45, 7) is 4.00. The van der Waals surface area contributed by atoms with Crippen molar-refractivity contribution in [1.82, 2.24) is 9.97 Å². The zero-order valence-corrected chi connectivity index (χ0v) is 14.8. The van der Waals surface area contributed by atoms with Gasteiger partial charge in [-0.05, 0) is 35.9 Å². The fourth-order valence-electron chi connectivity index (χ4n) is 2.26. The SMILES string of the molecule is CC.O=C(O)c1ccnc(Cc2cc(Cl)c3ncc(Cl)cc3c2)c1. The number of nitrogens with zero attached hydrogens (tertiary/aromatic N) is 2. The first-order chi connectivity index (χ1) is 11.5. The van der Waals surface area contributed by atoms with Crippen molar-refractivity contribution >= 4 is 40.1 Å². The first-order valence-electron chi connectivity index (χ1n) is 7.45. The van der Waals surface area contributed by atoms with Gasteiger partial charge in [0.25, 0.3) is 0 Å². The summed E-state index contributed by atoms with van der Waals surface area (Å²) in [6, 6.07) is 8.54. The van der Waals surface area contributed by atoms with Gasteiger partial charge in [-0.2, -0.15) is 0 Å². The average molecular weight is 363 g/mol. The van der Waals surface area contributed by atoms with Gasteiger partial charge in [-0.25, -0.2) is 4.79 Å². The lowest BCUT2D eigenvalue weighted by atomic mass is 10.1. The van der Waals surface area contributed by atoms with E-state index < -0.39 is 5.97 Å². The van der Waals surface area contributed by atoms with Crippen molar-refractivity contribution in [3.63, 3.8) is 0 Å². The highest BCUT2D eigenvalue weighted by molar-refractivity contribution is 6.35. The molecule has 4 nitrogen and oxygen atoms in total. The molecule has 0 aliphatic rings. The molecule has 0 unspecified atom stereocenters. The highest BCUT2D eigenvalue weighted by atomic mass is 35.5. The first-order valence-corrected chi connectivity index (χ1v) is 8.20. The van der Waals surface area contributed by atoms with Crippen LogP contribution in [0.4, 0.5) is 0 Å². The lowest BCUT2D eigenvalue weighted by Crippen LogP contribution is -2.00. The Hall–Kier alpha value is -2.17. The van der Waals surface area contributed by atoms with E-state index in [1.807, 2.05) is 19.9 Å². The summed E-state index contributed by atoms with van der Waals surface area (Å²) in [4.78, 5) is 19.4. The van der Waals surface area contributed by atoms with Crippen molar-refractivity contribution in [1.29, 1.82) is 0 Å². The largest absolute Gasteiger partial charge is 0.478 e. The lowest BCUT2D eigenvalue weighted by molar-refractivity contribution is 0.0696. The summed E-state index contributed by atoms with van der Waals surface area (Å²) >= 11 is 12.2. The van der Waals surface area contributed by atoms with Gasteiger partial charge in [0, 0.05) is 29.9 Å². The summed E-state index contributed by atoms with van der Waals surface area (Å²) in [5, 5.41) is 10.9.